The zero-order chi connectivity index (χ0) is 18.6. The molecule has 0 N–H and O–H groups in total. The normalized spacial score (nSPS) is 17.0. The molecule has 0 aliphatic carbocycles. The second-order valence-electron chi connectivity index (χ2n) is 7.57. The fourth-order valence-corrected chi connectivity index (χ4v) is 2.42. The summed E-state index contributed by atoms with van der Waals surface area (Å²) in [4.78, 5) is 18.4. The molecule has 6 nitrogen and oxygen atoms in total. The topological polar surface area (TPSA) is 60.9 Å². The van der Waals surface area contributed by atoms with E-state index >= 15 is 0 Å². The zero-order valence-corrected chi connectivity index (χ0v) is 16.2. The molecule has 0 spiro atoms. The summed E-state index contributed by atoms with van der Waals surface area (Å²) < 4.78 is 17.1. The Hall–Kier alpha value is -1.98. The number of carbonyl (C=O) groups is 1. The molecule has 2 rings (SSSR count). The molecule has 0 fully saturated rings. The summed E-state index contributed by atoms with van der Waals surface area (Å²) in [6, 6.07) is 3.74. The first-order valence-corrected chi connectivity index (χ1v) is 8.97. The van der Waals surface area contributed by atoms with E-state index in [2.05, 4.69) is 18.8 Å². The first kappa shape index (κ1) is 19.3. The molecule has 0 saturated heterocycles. The van der Waals surface area contributed by atoms with Gasteiger partial charge in [-0.25, -0.2) is 4.79 Å². The summed E-state index contributed by atoms with van der Waals surface area (Å²) >= 11 is 0. The van der Waals surface area contributed by atoms with Gasteiger partial charge in [0.15, 0.2) is 0 Å². The third kappa shape index (κ3) is 5.51. The molecule has 6 heteroatoms. The number of hydrogen-bond acceptors (Lipinski definition) is 5. The summed E-state index contributed by atoms with van der Waals surface area (Å²) in [5.74, 6) is 1.53. The Morgan fingerprint density at radius 2 is 2.08 bits per heavy atom. The SMILES string of the molecule is CCC(C)C(C)Oc1ccc2c(n1)OCCN(C(=O)OC(C)(C)C)C2. The lowest BCUT2D eigenvalue weighted by Gasteiger charge is -2.26. The first-order valence-electron chi connectivity index (χ1n) is 8.97. The number of pyridine rings is 1. The largest absolute Gasteiger partial charge is 0.475 e. The third-order valence-electron chi connectivity index (χ3n) is 4.28. The van der Waals surface area contributed by atoms with Crippen molar-refractivity contribution in [1.82, 2.24) is 9.88 Å². The van der Waals surface area contributed by atoms with Gasteiger partial charge in [0.05, 0.1) is 13.1 Å². The molecule has 1 amide bonds. The average Bonchev–Trinajstić information content (AvgIpc) is 2.74. The monoisotopic (exact) mass is 350 g/mol. The van der Waals surface area contributed by atoms with Crippen LogP contribution in [-0.2, 0) is 11.3 Å². The van der Waals surface area contributed by atoms with Crippen LogP contribution in [-0.4, -0.2) is 40.8 Å². The maximum absolute atomic E-state index is 12.3. The Kier molecular flexibility index (Phi) is 6.14. The van der Waals surface area contributed by atoms with Crippen LogP contribution in [0.5, 0.6) is 11.8 Å². The van der Waals surface area contributed by atoms with Crippen molar-refractivity contribution < 1.29 is 19.0 Å². The van der Waals surface area contributed by atoms with Gasteiger partial charge in [0.2, 0.25) is 11.8 Å². The summed E-state index contributed by atoms with van der Waals surface area (Å²) in [6.45, 7) is 13.2. The highest BCUT2D eigenvalue weighted by Crippen LogP contribution is 2.26. The Balaban J connectivity index is 2.09. The van der Waals surface area contributed by atoms with Crippen LogP contribution in [0.25, 0.3) is 0 Å². The lowest BCUT2D eigenvalue weighted by atomic mass is 10.0. The van der Waals surface area contributed by atoms with E-state index in [1.165, 1.54) is 0 Å². The second kappa shape index (κ2) is 7.93. The molecule has 0 aromatic carbocycles. The minimum Gasteiger partial charge on any atom is -0.475 e. The number of hydrogen-bond donors (Lipinski definition) is 0. The summed E-state index contributed by atoms with van der Waals surface area (Å²) in [6.07, 6.45) is 0.794. The van der Waals surface area contributed by atoms with Gasteiger partial charge in [-0.2, -0.15) is 4.98 Å². The average molecular weight is 350 g/mol. The van der Waals surface area contributed by atoms with Crippen molar-refractivity contribution in [1.29, 1.82) is 0 Å². The molecule has 2 unspecified atom stereocenters. The number of carbonyl (C=O) groups excluding carboxylic acids is 1. The maximum atomic E-state index is 12.3. The number of ether oxygens (including phenoxy) is 3. The predicted molar refractivity (Wildman–Crippen MR) is 95.9 cm³/mol. The molecule has 1 aliphatic heterocycles. The summed E-state index contributed by atoms with van der Waals surface area (Å²) in [5.41, 5.74) is 0.335. The molecular weight excluding hydrogens is 320 g/mol. The lowest BCUT2D eigenvalue weighted by molar-refractivity contribution is 0.0225. The van der Waals surface area contributed by atoms with Crippen molar-refractivity contribution in [2.75, 3.05) is 13.2 Å². The van der Waals surface area contributed by atoms with Crippen LogP contribution in [0.4, 0.5) is 4.79 Å². The van der Waals surface area contributed by atoms with Crippen LogP contribution < -0.4 is 9.47 Å². The van der Waals surface area contributed by atoms with Crippen LogP contribution >= 0.6 is 0 Å². The van der Waals surface area contributed by atoms with Gasteiger partial charge in [-0.15, -0.1) is 0 Å². The van der Waals surface area contributed by atoms with Crippen molar-refractivity contribution >= 4 is 6.09 Å². The molecule has 1 aromatic heterocycles. The Bertz CT molecular complexity index is 598. The van der Waals surface area contributed by atoms with Crippen LogP contribution in [0.15, 0.2) is 12.1 Å². The van der Waals surface area contributed by atoms with Crippen molar-refractivity contribution in [3.63, 3.8) is 0 Å². The highest BCUT2D eigenvalue weighted by molar-refractivity contribution is 5.68. The van der Waals surface area contributed by atoms with Crippen molar-refractivity contribution in [3.05, 3.63) is 17.7 Å². The molecule has 1 aromatic rings. The predicted octanol–water partition coefficient (Wildman–Crippen LogP) is 4.02. The molecule has 0 radical (unpaired) electrons. The van der Waals surface area contributed by atoms with Gasteiger partial charge in [-0.1, -0.05) is 20.3 Å². The van der Waals surface area contributed by atoms with E-state index < -0.39 is 5.60 Å². The molecule has 2 heterocycles. The summed E-state index contributed by atoms with van der Waals surface area (Å²) in [5, 5.41) is 0. The van der Waals surface area contributed by atoms with E-state index in [0.29, 0.717) is 37.4 Å². The Morgan fingerprint density at radius 1 is 1.36 bits per heavy atom. The number of aromatic nitrogens is 1. The third-order valence-corrected chi connectivity index (χ3v) is 4.28. The fraction of sp³-hybridized carbons (Fsp3) is 0.684. The first-order chi connectivity index (χ1) is 11.7. The number of rotatable bonds is 4. The molecule has 0 saturated carbocycles. The van der Waals surface area contributed by atoms with Gasteiger partial charge in [-0.3, -0.25) is 0 Å². The fourth-order valence-electron chi connectivity index (χ4n) is 2.42. The number of fused-ring (bicyclic) bond motifs is 1. The van der Waals surface area contributed by atoms with Crippen LogP contribution in [0.2, 0.25) is 0 Å². The minimum absolute atomic E-state index is 0.0830. The molecule has 0 bridgehead atoms. The van der Waals surface area contributed by atoms with E-state index in [1.54, 1.807) is 4.90 Å². The number of amides is 1. The van der Waals surface area contributed by atoms with Crippen LogP contribution in [0.3, 0.4) is 0 Å². The molecule has 2 atom stereocenters. The quantitative estimate of drug-likeness (QED) is 0.820. The highest BCUT2D eigenvalue weighted by atomic mass is 16.6. The van der Waals surface area contributed by atoms with E-state index in [0.717, 1.165) is 12.0 Å². The Morgan fingerprint density at radius 3 is 2.72 bits per heavy atom. The van der Waals surface area contributed by atoms with E-state index in [9.17, 15) is 4.79 Å². The van der Waals surface area contributed by atoms with Gasteiger partial charge in [0.1, 0.15) is 18.3 Å². The van der Waals surface area contributed by atoms with Crippen LogP contribution in [0, 0.1) is 5.92 Å². The van der Waals surface area contributed by atoms with Gasteiger partial charge < -0.3 is 19.1 Å². The van der Waals surface area contributed by atoms with Crippen molar-refractivity contribution in [2.45, 2.75) is 66.2 Å². The molecule has 1 aliphatic rings. The second-order valence-corrected chi connectivity index (χ2v) is 7.57. The van der Waals surface area contributed by atoms with Crippen molar-refractivity contribution in [2.24, 2.45) is 5.92 Å². The molecular formula is C19H30N2O4. The van der Waals surface area contributed by atoms with Crippen LogP contribution in [0.1, 0.15) is 53.5 Å². The summed E-state index contributed by atoms with van der Waals surface area (Å²) in [7, 11) is 0. The van der Waals surface area contributed by atoms with Gasteiger partial charge in [0.25, 0.3) is 0 Å². The van der Waals surface area contributed by atoms with Crippen molar-refractivity contribution in [3.8, 4) is 11.8 Å². The standard InChI is InChI=1S/C19H30N2O4/c1-7-13(2)14(3)24-16-9-8-15-12-21(10-11-23-17(15)20-16)18(22)25-19(4,5)6/h8-9,13-14H,7,10-12H2,1-6H3. The molecule has 140 valence electrons. The highest BCUT2D eigenvalue weighted by Gasteiger charge is 2.26. The molecule has 25 heavy (non-hydrogen) atoms. The maximum Gasteiger partial charge on any atom is 0.410 e. The smallest absolute Gasteiger partial charge is 0.410 e. The van der Waals surface area contributed by atoms with Gasteiger partial charge in [0, 0.05) is 11.6 Å². The van der Waals surface area contributed by atoms with Gasteiger partial charge in [-0.05, 0) is 39.7 Å². The van der Waals surface area contributed by atoms with E-state index in [-0.39, 0.29) is 12.2 Å². The van der Waals surface area contributed by atoms with Gasteiger partial charge >= 0.3 is 6.09 Å². The lowest BCUT2D eigenvalue weighted by Crippen LogP contribution is -2.37. The minimum atomic E-state index is -0.519. The van der Waals surface area contributed by atoms with E-state index in [4.69, 9.17) is 14.2 Å². The zero-order valence-electron chi connectivity index (χ0n) is 16.2. The van der Waals surface area contributed by atoms with E-state index in [1.807, 2.05) is 39.8 Å². The Labute approximate surface area is 150 Å². The number of nitrogens with zero attached hydrogens (tertiary/aromatic N) is 2.